The van der Waals surface area contributed by atoms with Crippen molar-refractivity contribution in [3.8, 4) is 5.75 Å². The monoisotopic (exact) mass is 506 g/mol. The summed E-state index contributed by atoms with van der Waals surface area (Å²) in [5.74, 6) is -3.07. The highest BCUT2D eigenvalue weighted by Crippen LogP contribution is 2.33. The van der Waals surface area contributed by atoms with Crippen LogP contribution in [0.4, 0.5) is 27.6 Å². The average Bonchev–Trinajstić information content (AvgIpc) is 2.72. The molecular formula is C22H23F5N2O4S. The first kappa shape index (κ1) is 27.1. The number of anilines is 1. The van der Waals surface area contributed by atoms with Crippen LogP contribution < -0.4 is 14.8 Å². The first-order valence-electron chi connectivity index (χ1n) is 10.0. The Morgan fingerprint density at radius 3 is 2.29 bits per heavy atom. The second-order valence-corrected chi connectivity index (χ2v) is 9.14. The summed E-state index contributed by atoms with van der Waals surface area (Å²) in [4.78, 5) is 12.3. The predicted octanol–water partition coefficient (Wildman–Crippen LogP) is 5.03. The van der Waals surface area contributed by atoms with E-state index in [0.29, 0.717) is 6.42 Å². The number of benzene rings is 2. The van der Waals surface area contributed by atoms with Gasteiger partial charge in [-0.1, -0.05) is 13.0 Å². The Morgan fingerprint density at radius 2 is 1.76 bits per heavy atom. The van der Waals surface area contributed by atoms with Crippen LogP contribution in [-0.4, -0.2) is 27.2 Å². The lowest BCUT2D eigenvalue weighted by molar-refractivity contribution is -0.137. The molecule has 1 atom stereocenters. The zero-order valence-corrected chi connectivity index (χ0v) is 19.3. The highest BCUT2D eigenvalue weighted by Gasteiger charge is 2.31. The molecule has 0 aliphatic rings. The van der Waals surface area contributed by atoms with Crippen molar-refractivity contribution < 1.29 is 39.9 Å². The van der Waals surface area contributed by atoms with E-state index in [4.69, 9.17) is 4.74 Å². The van der Waals surface area contributed by atoms with E-state index in [2.05, 4.69) is 5.32 Å². The van der Waals surface area contributed by atoms with E-state index in [1.54, 1.807) is 11.6 Å². The predicted molar refractivity (Wildman–Crippen MR) is 118 cm³/mol. The molecule has 0 unspecified atom stereocenters. The van der Waals surface area contributed by atoms with Gasteiger partial charge < -0.3 is 10.1 Å². The van der Waals surface area contributed by atoms with Crippen molar-refractivity contribution in [3.05, 3.63) is 64.7 Å². The third-order valence-electron chi connectivity index (χ3n) is 4.43. The van der Waals surface area contributed by atoms with Crippen LogP contribution in [0.15, 0.2) is 36.4 Å². The van der Waals surface area contributed by atoms with Crippen molar-refractivity contribution in [3.63, 3.8) is 0 Å². The lowest BCUT2D eigenvalue weighted by Crippen LogP contribution is -2.25. The van der Waals surface area contributed by atoms with Crippen LogP contribution in [0.3, 0.4) is 0 Å². The molecule has 0 bridgehead atoms. The molecule has 2 aromatic carbocycles. The zero-order valence-electron chi connectivity index (χ0n) is 18.5. The van der Waals surface area contributed by atoms with Crippen LogP contribution in [-0.2, 0) is 21.0 Å². The molecule has 0 fully saturated rings. The molecule has 0 aromatic heterocycles. The average molecular weight is 506 g/mol. The number of hydrogen-bond acceptors (Lipinski definition) is 4. The number of carbonyl (C=O) groups excluding carboxylic acids is 1. The smallest absolute Gasteiger partial charge is 0.416 e. The summed E-state index contributed by atoms with van der Waals surface area (Å²) < 4.78 is 96.9. The minimum Gasteiger partial charge on any atom is -0.493 e. The molecule has 2 rings (SSSR count). The van der Waals surface area contributed by atoms with Gasteiger partial charge >= 0.3 is 6.18 Å². The molecule has 6 nitrogen and oxygen atoms in total. The molecule has 0 heterocycles. The molecule has 0 spiro atoms. The van der Waals surface area contributed by atoms with Gasteiger partial charge in [0.15, 0.2) is 11.6 Å². The first-order chi connectivity index (χ1) is 15.7. The minimum atomic E-state index is -4.56. The molecule has 34 heavy (non-hydrogen) atoms. The van der Waals surface area contributed by atoms with Gasteiger partial charge in [-0.3, -0.25) is 9.52 Å². The number of sulfonamides is 1. The van der Waals surface area contributed by atoms with Gasteiger partial charge in [0, 0.05) is 11.6 Å². The van der Waals surface area contributed by atoms with Gasteiger partial charge in [0.2, 0.25) is 15.9 Å². The van der Waals surface area contributed by atoms with Crippen molar-refractivity contribution >= 4 is 27.7 Å². The van der Waals surface area contributed by atoms with Crippen molar-refractivity contribution in [1.82, 2.24) is 5.32 Å². The van der Waals surface area contributed by atoms with Gasteiger partial charge in [-0.05, 0) is 49.2 Å². The van der Waals surface area contributed by atoms with Crippen LogP contribution in [0.1, 0.15) is 43.0 Å². The van der Waals surface area contributed by atoms with Crippen molar-refractivity contribution in [2.75, 3.05) is 17.6 Å². The molecule has 1 amide bonds. The normalized spacial score (nSPS) is 13.1. The summed E-state index contributed by atoms with van der Waals surface area (Å²) in [6, 6.07) is 3.73. The summed E-state index contributed by atoms with van der Waals surface area (Å²) in [5, 5.41) is 2.47. The van der Waals surface area contributed by atoms with Crippen LogP contribution in [0.25, 0.3) is 6.08 Å². The maximum atomic E-state index is 14.2. The van der Waals surface area contributed by atoms with Gasteiger partial charge in [0.25, 0.3) is 0 Å². The van der Waals surface area contributed by atoms with Crippen molar-refractivity contribution in [1.29, 1.82) is 0 Å². The minimum absolute atomic E-state index is 0.0253. The van der Waals surface area contributed by atoms with Gasteiger partial charge in [0.05, 0.1) is 24.5 Å². The number of ether oxygens (including phenoxy) is 1. The number of halogens is 5. The Bertz CT molecular complexity index is 1160. The SMILES string of the molecule is CCCOc1cc(C(F)(F)F)ccc1/C=C\C(=O)N[C@H](C)c1cc(F)c(NS(C)(=O)=O)c(F)c1. The molecule has 0 radical (unpaired) electrons. The molecular weight excluding hydrogens is 483 g/mol. The van der Waals surface area contributed by atoms with Crippen LogP contribution in [0, 0.1) is 11.6 Å². The summed E-state index contributed by atoms with van der Waals surface area (Å²) in [6.45, 7) is 3.40. The number of rotatable bonds is 9. The van der Waals surface area contributed by atoms with E-state index in [-0.39, 0.29) is 23.5 Å². The van der Waals surface area contributed by atoms with E-state index in [1.807, 2.05) is 0 Å². The first-order valence-corrected chi connectivity index (χ1v) is 11.9. The van der Waals surface area contributed by atoms with Crippen molar-refractivity contribution in [2.24, 2.45) is 0 Å². The summed E-state index contributed by atoms with van der Waals surface area (Å²) in [7, 11) is -3.91. The Kier molecular flexibility index (Phi) is 8.65. The summed E-state index contributed by atoms with van der Waals surface area (Å²) in [5.41, 5.74) is -1.48. The highest BCUT2D eigenvalue weighted by molar-refractivity contribution is 7.92. The Balaban J connectivity index is 2.18. The number of amides is 1. The van der Waals surface area contributed by atoms with Crippen LogP contribution in [0.5, 0.6) is 5.75 Å². The standard InChI is InChI=1S/C22H23F5N2O4S/c1-4-9-33-19-12-16(22(25,26)27)7-5-14(19)6-8-20(30)28-13(2)15-10-17(23)21(18(24)11-15)29-34(3,31)32/h5-8,10-13,29H,4,9H2,1-3H3,(H,28,30)/b8-6-/t13-/m1/s1. The molecule has 0 aliphatic carbocycles. The molecule has 0 saturated heterocycles. The number of nitrogens with one attached hydrogen (secondary N) is 2. The third-order valence-corrected chi connectivity index (χ3v) is 5.00. The van der Waals surface area contributed by atoms with Crippen LogP contribution >= 0.6 is 0 Å². The van der Waals surface area contributed by atoms with Gasteiger partial charge in [0.1, 0.15) is 11.4 Å². The molecule has 186 valence electrons. The fraction of sp³-hybridized carbons (Fsp3) is 0.318. The Labute approximate surface area is 193 Å². The van der Waals surface area contributed by atoms with Gasteiger partial charge in [-0.2, -0.15) is 13.2 Å². The lowest BCUT2D eigenvalue weighted by atomic mass is 10.1. The Morgan fingerprint density at radius 1 is 1.15 bits per heavy atom. The molecule has 2 aromatic rings. The largest absolute Gasteiger partial charge is 0.493 e. The van der Waals surface area contributed by atoms with Gasteiger partial charge in [-0.25, -0.2) is 17.2 Å². The van der Waals surface area contributed by atoms with E-state index in [0.717, 1.165) is 36.6 Å². The zero-order chi connectivity index (χ0) is 25.7. The highest BCUT2D eigenvalue weighted by atomic mass is 32.2. The molecule has 0 saturated carbocycles. The van der Waals surface area contributed by atoms with Gasteiger partial charge in [-0.15, -0.1) is 0 Å². The number of hydrogen-bond donors (Lipinski definition) is 2. The number of alkyl halides is 3. The quantitative estimate of drug-likeness (QED) is 0.369. The van der Waals surface area contributed by atoms with Crippen LogP contribution in [0.2, 0.25) is 0 Å². The molecule has 2 N–H and O–H groups in total. The summed E-state index contributed by atoms with van der Waals surface area (Å²) >= 11 is 0. The van der Waals surface area contributed by atoms with Crippen molar-refractivity contribution in [2.45, 2.75) is 32.5 Å². The fourth-order valence-corrected chi connectivity index (χ4v) is 3.39. The maximum absolute atomic E-state index is 14.2. The lowest BCUT2D eigenvalue weighted by Gasteiger charge is -2.15. The number of carbonyl (C=O) groups is 1. The third kappa shape index (κ3) is 7.72. The topological polar surface area (TPSA) is 84.5 Å². The second-order valence-electron chi connectivity index (χ2n) is 7.40. The van der Waals surface area contributed by atoms with E-state index in [1.165, 1.54) is 19.1 Å². The van der Waals surface area contributed by atoms with E-state index < -0.39 is 51.0 Å². The molecule has 12 heteroatoms. The summed E-state index contributed by atoms with van der Waals surface area (Å²) in [6.07, 6.45) is -0.957. The Hall–Kier alpha value is -3.15. The van der Waals surface area contributed by atoms with E-state index in [9.17, 15) is 35.2 Å². The fourth-order valence-electron chi connectivity index (χ4n) is 2.82. The second kappa shape index (κ2) is 10.9. The van der Waals surface area contributed by atoms with E-state index >= 15 is 0 Å². The maximum Gasteiger partial charge on any atom is 0.416 e. The molecule has 0 aliphatic heterocycles.